The standard InChI is InChI=1S/C10H14F5N3S.ClH/c11-19(12,13,14,15)9-1-2-10(17-7-9)18-8-3-5-16-6-4-8;/h1-2,7-8,16H,3-6H2,(H,17,18);1H. The Morgan fingerprint density at radius 1 is 1.10 bits per heavy atom. The number of hydrogen-bond acceptors (Lipinski definition) is 3. The van der Waals surface area contributed by atoms with Gasteiger partial charge in [0.15, 0.2) is 0 Å². The van der Waals surface area contributed by atoms with Crippen molar-refractivity contribution < 1.29 is 19.4 Å². The molecule has 0 amide bonds. The normalized spacial score (nSPS) is 20.4. The predicted octanol–water partition coefficient (Wildman–Crippen LogP) is 4.32. The summed E-state index contributed by atoms with van der Waals surface area (Å²) >= 11 is 0. The summed E-state index contributed by atoms with van der Waals surface area (Å²) in [6.07, 6.45) is 1.81. The summed E-state index contributed by atoms with van der Waals surface area (Å²) in [5.41, 5.74) is 0. The molecule has 0 aromatic carbocycles. The van der Waals surface area contributed by atoms with Crippen LogP contribution in [0.1, 0.15) is 12.8 Å². The Bertz CT molecular complexity index is 457. The van der Waals surface area contributed by atoms with Crippen molar-refractivity contribution in [2.24, 2.45) is 0 Å². The fourth-order valence-electron chi connectivity index (χ4n) is 1.87. The van der Waals surface area contributed by atoms with Crippen LogP contribution in [0, 0.1) is 0 Å². The summed E-state index contributed by atoms with van der Waals surface area (Å²) in [4.78, 5) is 1.47. The number of aromatic nitrogens is 1. The van der Waals surface area contributed by atoms with Crippen LogP contribution < -0.4 is 10.6 Å². The number of anilines is 1. The lowest BCUT2D eigenvalue weighted by molar-refractivity contribution is 0.363. The first-order valence-electron chi connectivity index (χ1n) is 5.72. The molecule has 0 saturated carbocycles. The van der Waals surface area contributed by atoms with Gasteiger partial charge in [-0.1, -0.05) is 19.4 Å². The van der Waals surface area contributed by atoms with Crippen molar-refractivity contribution in [2.45, 2.75) is 23.8 Å². The van der Waals surface area contributed by atoms with Gasteiger partial charge in [0.05, 0.1) is 6.20 Å². The van der Waals surface area contributed by atoms with Crippen LogP contribution in [0.3, 0.4) is 0 Å². The second-order valence-corrected chi connectivity index (χ2v) is 6.93. The summed E-state index contributed by atoms with van der Waals surface area (Å²) in [6.45, 7) is 1.61. The van der Waals surface area contributed by atoms with E-state index in [2.05, 4.69) is 15.6 Å². The maximum atomic E-state index is 12.5. The molecule has 118 valence electrons. The van der Waals surface area contributed by atoms with E-state index in [1.807, 2.05) is 0 Å². The molecule has 0 spiro atoms. The molecule has 1 aliphatic heterocycles. The summed E-state index contributed by atoms with van der Waals surface area (Å²) in [7, 11) is -9.61. The molecule has 20 heavy (non-hydrogen) atoms. The second-order valence-electron chi connectivity index (χ2n) is 4.52. The van der Waals surface area contributed by atoms with E-state index in [1.54, 1.807) is 0 Å². The van der Waals surface area contributed by atoms with Crippen molar-refractivity contribution in [3.8, 4) is 0 Å². The molecule has 0 bridgehead atoms. The molecule has 1 aromatic heterocycles. The largest absolute Gasteiger partial charge is 0.367 e. The molecule has 1 fully saturated rings. The quantitative estimate of drug-likeness (QED) is 0.805. The summed E-state index contributed by atoms with van der Waals surface area (Å²) in [6, 6.07) is 1.41. The van der Waals surface area contributed by atoms with Crippen LogP contribution in [0.5, 0.6) is 0 Å². The van der Waals surface area contributed by atoms with Crippen LogP contribution in [0.2, 0.25) is 0 Å². The van der Waals surface area contributed by atoms with Gasteiger partial charge < -0.3 is 10.6 Å². The lowest BCUT2D eigenvalue weighted by Crippen LogP contribution is -2.35. The number of rotatable bonds is 3. The van der Waals surface area contributed by atoms with Gasteiger partial charge in [0, 0.05) is 6.04 Å². The number of nitrogens with one attached hydrogen (secondary N) is 2. The monoisotopic (exact) mass is 339 g/mol. The van der Waals surface area contributed by atoms with Gasteiger partial charge in [-0.3, -0.25) is 0 Å². The van der Waals surface area contributed by atoms with Gasteiger partial charge in [-0.15, -0.1) is 12.4 Å². The third-order valence-electron chi connectivity index (χ3n) is 2.87. The van der Waals surface area contributed by atoms with Crippen molar-refractivity contribution >= 4 is 28.4 Å². The summed E-state index contributed by atoms with van der Waals surface area (Å²) < 4.78 is 62.3. The third kappa shape index (κ3) is 4.64. The smallest absolute Gasteiger partial charge is 0.311 e. The number of pyridine rings is 1. The van der Waals surface area contributed by atoms with Crippen LogP contribution >= 0.6 is 22.6 Å². The average Bonchev–Trinajstić information content (AvgIpc) is 2.28. The SMILES string of the molecule is Cl.FS(F)(F)(F)(F)c1ccc(NC2CCNCC2)nc1. The first kappa shape index (κ1) is 17.3. The highest BCUT2D eigenvalue weighted by atomic mass is 35.5. The highest BCUT2D eigenvalue weighted by Gasteiger charge is 2.65. The van der Waals surface area contributed by atoms with E-state index < -0.39 is 15.1 Å². The first-order valence-corrected chi connectivity index (χ1v) is 7.67. The minimum Gasteiger partial charge on any atom is -0.367 e. The minimum absolute atomic E-state index is 0. The van der Waals surface area contributed by atoms with Gasteiger partial charge in [-0.05, 0) is 38.1 Å². The number of nitrogens with zero attached hydrogens (tertiary/aromatic N) is 1. The highest BCUT2D eigenvalue weighted by molar-refractivity contribution is 8.45. The Morgan fingerprint density at radius 3 is 2.15 bits per heavy atom. The first-order chi connectivity index (χ1) is 8.54. The molecule has 1 aliphatic rings. The van der Waals surface area contributed by atoms with E-state index in [9.17, 15) is 19.4 Å². The Kier molecular flexibility index (Phi) is 4.21. The van der Waals surface area contributed by atoms with E-state index in [0.717, 1.165) is 32.0 Å². The fourth-order valence-corrected chi connectivity index (χ4v) is 2.45. The van der Waals surface area contributed by atoms with Crippen molar-refractivity contribution in [3.05, 3.63) is 18.3 Å². The Hall–Kier alpha value is -0.800. The van der Waals surface area contributed by atoms with Crippen LogP contribution in [-0.2, 0) is 0 Å². The lowest BCUT2D eigenvalue weighted by atomic mass is 10.1. The Morgan fingerprint density at radius 2 is 1.70 bits per heavy atom. The van der Waals surface area contributed by atoms with E-state index in [0.29, 0.717) is 6.07 Å². The molecule has 0 unspecified atom stereocenters. The summed E-state index contributed by atoms with van der Waals surface area (Å²) in [5.74, 6) is 0.178. The van der Waals surface area contributed by atoms with E-state index in [1.165, 1.54) is 0 Å². The number of piperidine rings is 1. The van der Waals surface area contributed by atoms with E-state index >= 15 is 0 Å². The van der Waals surface area contributed by atoms with Crippen molar-refractivity contribution in [2.75, 3.05) is 18.4 Å². The molecule has 0 radical (unpaired) electrons. The van der Waals surface area contributed by atoms with Crippen LogP contribution in [0.15, 0.2) is 23.2 Å². The molecular weight excluding hydrogens is 325 g/mol. The third-order valence-corrected chi connectivity index (χ3v) is 4.01. The molecule has 2 rings (SSSR count). The van der Waals surface area contributed by atoms with Gasteiger partial charge in [-0.2, -0.15) is 0 Å². The number of hydrogen-bond donors (Lipinski definition) is 2. The van der Waals surface area contributed by atoms with Crippen molar-refractivity contribution in [1.29, 1.82) is 0 Å². The molecule has 3 nitrogen and oxygen atoms in total. The molecule has 10 heteroatoms. The van der Waals surface area contributed by atoms with Crippen LogP contribution in [0.4, 0.5) is 25.2 Å². The van der Waals surface area contributed by atoms with Gasteiger partial charge in [-0.25, -0.2) is 4.98 Å². The number of halogens is 6. The zero-order valence-corrected chi connectivity index (χ0v) is 11.9. The zero-order valence-electron chi connectivity index (χ0n) is 10.3. The molecule has 0 aliphatic carbocycles. The minimum atomic E-state index is -9.61. The zero-order chi connectivity index (χ0) is 14.2. The maximum absolute atomic E-state index is 12.5. The average molecular weight is 340 g/mol. The van der Waals surface area contributed by atoms with Gasteiger partial charge in [0.25, 0.3) is 0 Å². The summed E-state index contributed by atoms with van der Waals surface area (Å²) in [5, 5.41) is 6.07. The molecule has 2 N–H and O–H groups in total. The Balaban J connectivity index is 0.00000200. The van der Waals surface area contributed by atoms with E-state index in [-0.39, 0.29) is 30.5 Å². The topological polar surface area (TPSA) is 37.0 Å². The molecule has 0 atom stereocenters. The molecule has 2 heterocycles. The second kappa shape index (κ2) is 4.88. The molecule has 1 aromatic rings. The van der Waals surface area contributed by atoms with Crippen LogP contribution in [-0.4, -0.2) is 24.1 Å². The maximum Gasteiger partial charge on any atom is 0.311 e. The van der Waals surface area contributed by atoms with Gasteiger partial charge >= 0.3 is 10.2 Å². The lowest BCUT2D eigenvalue weighted by Gasteiger charge is -2.40. The Labute approximate surface area is 119 Å². The highest BCUT2D eigenvalue weighted by Crippen LogP contribution is 3.02. The van der Waals surface area contributed by atoms with Gasteiger partial charge in [0.2, 0.25) is 0 Å². The molecule has 1 saturated heterocycles. The predicted molar refractivity (Wildman–Crippen MR) is 72.4 cm³/mol. The van der Waals surface area contributed by atoms with Crippen molar-refractivity contribution in [3.63, 3.8) is 0 Å². The van der Waals surface area contributed by atoms with Crippen LogP contribution in [0.25, 0.3) is 0 Å². The van der Waals surface area contributed by atoms with Crippen molar-refractivity contribution in [1.82, 2.24) is 10.3 Å². The molecular formula is C10H15ClF5N3S. The fraction of sp³-hybridized carbons (Fsp3) is 0.500. The van der Waals surface area contributed by atoms with Gasteiger partial charge in [0.1, 0.15) is 10.7 Å². The van der Waals surface area contributed by atoms with E-state index in [4.69, 9.17) is 0 Å².